The number of nitrogens with zero attached hydrogens (tertiary/aromatic N) is 1. The highest BCUT2D eigenvalue weighted by Gasteiger charge is 2.41. The minimum absolute atomic E-state index is 0.0391. The maximum absolute atomic E-state index is 12.4. The normalized spacial score (nSPS) is 24.8. The number of hydrogen-bond acceptors (Lipinski definition) is 4. The third-order valence-corrected chi connectivity index (χ3v) is 6.72. The highest BCUT2D eigenvalue weighted by Crippen LogP contribution is 2.37. The number of carboxylic acids is 1. The lowest BCUT2D eigenvalue weighted by Crippen LogP contribution is -2.30. The van der Waals surface area contributed by atoms with E-state index in [0.29, 0.717) is 0 Å². The van der Waals surface area contributed by atoms with Crippen LogP contribution >= 0.6 is 34.5 Å². The minimum Gasteiger partial charge on any atom is -0.481 e. The molecule has 1 aromatic heterocycles. The number of sulfonamides is 1. The topological polar surface area (TPSA) is 74.7 Å². The Morgan fingerprint density at radius 2 is 2.11 bits per heavy atom. The minimum atomic E-state index is -3.78. The van der Waals surface area contributed by atoms with Crippen LogP contribution in [0.3, 0.4) is 0 Å². The molecule has 1 saturated heterocycles. The molecule has 0 amide bonds. The van der Waals surface area contributed by atoms with Gasteiger partial charge in [-0.3, -0.25) is 4.79 Å². The molecular weight excluding hydrogens is 333 g/mol. The van der Waals surface area contributed by atoms with Crippen molar-refractivity contribution in [3.05, 3.63) is 14.7 Å². The Morgan fingerprint density at radius 3 is 2.53 bits per heavy atom. The van der Waals surface area contributed by atoms with E-state index in [1.165, 1.54) is 6.07 Å². The molecule has 0 radical (unpaired) electrons. The van der Waals surface area contributed by atoms with Crippen molar-refractivity contribution in [2.45, 2.75) is 11.8 Å². The molecule has 2 heterocycles. The van der Waals surface area contributed by atoms with E-state index in [2.05, 4.69) is 0 Å². The van der Waals surface area contributed by atoms with Gasteiger partial charge in [0.1, 0.15) is 9.23 Å². The number of carbonyl (C=O) groups is 1. The smallest absolute Gasteiger partial charge is 0.308 e. The lowest BCUT2D eigenvalue weighted by Gasteiger charge is -2.15. The summed E-state index contributed by atoms with van der Waals surface area (Å²) in [6.07, 6.45) is 0. The van der Waals surface area contributed by atoms with Crippen LogP contribution < -0.4 is 0 Å². The molecule has 9 heteroatoms. The Hall–Kier alpha value is -0.340. The first kappa shape index (κ1) is 15.1. The standard InChI is InChI=1S/C10H11Cl2NO4S2/c1-5-3-13(4-6(5)10(14)15)19(16,17)7-2-8(11)18-9(7)12/h2,5-6H,3-4H2,1H3,(H,14,15)/t5-,6-/m1/s1. The largest absolute Gasteiger partial charge is 0.481 e. The quantitative estimate of drug-likeness (QED) is 0.914. The number of halogens is 2. The van der Waals surface area contributed by atoms with Gasteiger partial charge < -0.3 is 5.11 Å². The highest BCUT2D eigenvalue weighted by atomic mass is 35.5. The Bertz CT molecular complexity index is 613. The first-order valence-electron chi connectivity index (χ1n) is 5.41. The van der Waals surface area contributed by atoms with Gasteiger partial charge in [-0.15, -0.1) is 11.3 Å². The Balaban J connectivity index is 2.32. The van der Waals surface area contributed by atoms with Crippen LogP contribution in [0.1, 0.15) is 6.92 Å². The molecule has 0 saturated carbocycles. The van der Waals surface area contributed by atoms with Crippen LogP contribution in [0.25, 0.3) is 0 Å². The van der Waals surface area contributed by atoms with E-state index in [-0.39, 0.29) is 32.6 Å². The van der Waals surface area contributed by atoms with Crippen molar-refractivity contribution in [1.29, 1.82) is 0 Å². The third kappa shape index (κ3) is 2.75. The molecule has 1 aliphatic rings. The van der Waals surface area contributed by atoms with E-state index in [9.17, 15) is 13.2 Å². The average Bonchev–Trinajstić information content (AvgIpc) is 2.82. The van der Waals surface area contributed by atoms with Crippen molar-refractivity contribution in [3.63, 3.8) is 0 Å². The fraction of sp³-hybridized carbons (Fsp3) is 0.500. The molecule has 1 aromatic rings. The van der Waals surface area contributed by atoms with Crippen LogP contribution in [0.15, 0.2) is 11.0 Å². The SMILES string of the molecule is C[C@@H]1CN(S(=O)(=O)c2cc(Cl)sc2Cl)C[C@H]1C(=O)O. The summed E-state index contributed by atoms with van der Waals surface area (Å²) in [5.74, 6) is -1.91. The zero-order valence-corrected chi connectivity index (χ0v) is 13.0. The van der Waals surface area contributed by atoms with E-state index in [0.717, 1.165) is 15.6 Å². The van der Waals surface area contributed by atoms with Gasteiger partial charge in [-0.05, 0) is 12.0 Å². The van der Waals surface area contributed by atoms with Crippen LogP contribution in [0.2, 0.25) is 8.67 Å². The first-order valence-corrected chi connectivity index (χ1v) is 8.42. The van der Waals surface area contributed by atoms with Gasteiger partial charge in [-0.1, -0.05) is 30.1 Å². The molecule has 19 heavy (non-hydrogen) atoms. The van der Waals surface area contributed by atoms with Gasteiger partial charge in [0.25, 0.3) is 0 Å². The lowest BCUT2D eigenvalue weighted by molar-refractivity contribution is -0.142. The number of carboxylic acid groups (broad SMARTS) is 1. The molecule has 1 fully saturated rings. The number of thiophene rings is 1. The third-order valence-electron chi connectivity index (χ3n) is 3.14. The van der Waals surface area contributed by atoms with Gasteiger partial charge in [0.2, 0.25) is 10.0 Å². The van der Waals surface area contributed by atoms with Gasteiger partial charge in [-0.25, -0.2) is 8.42 Å². The summed E-state index contributed by atoms with van der Waals surface area (Å²) in [6.45, 7) is 1.85. The number of hydrogen-bond donors (Lipinski definition) is 1. The first-order chi connectivity index (χ1) is 8.73. The van der Waals surface area contributed by atoms with Crippen molar-refractivity contribution >= 4 is 50.5 Å². The summed E-state index contributed by atoms with van der Waals surface area (Å²) in [7, 11) is -3.78. The van der Waals surface area contributed by atoms with Crippen LogP contribution in [0.5, 0.6) is 0 Å². The van der Waals surface area contributed by atoms with E-state index < -0.39 is 21.9 Å². The summed E-state index contributed by atoms with van der Waals surface area (Å²) >= 11 is 12.6. The van der Waals surface area contributed by atoms with Gasteiger partial charge in [0, 0.05) is 13.1 Å². The fourth-order valence-corrected chi connectivity index (χ4v) is 5.76. The molecule has 1 N–H and O–H groups in total. The Morgan fingerprint density at radius 1 is 1.47 bits per heavy atom. The van der Waals surface area contributed by atoms with Crippen molar-refractivity contribution in [2.24, 2.45) is 11.8 Å². The molecule has 2 rings (SSSR count). The second-order valence-corrected chi connectivity index (χ2v) is 8.62. The zero-order chi connectivity index (χ0) is 14.4. The predicted molar refractivity (Wildman–Crippen MR) is 73.4 cm³/mol. The molecule has 1 aliphatic heterocycles. The zero-order valence-electron chi connectivity index (χ0n) is 9.84. The fourth-order valence-electron chi connectivity index (χ4n) is 2.08. The maximum atomic E-state index is 12.4. The molecule has 5 nitrogen and oxygen atoms in total. The van der Waals surface area contributed by atoms with Crippen LogP contribution in [-0.2, 0) is 14.8 Å². The molecule has 0 bridgehead atoms. The summed E-state index contributed by atoms with van der Waals surface area (Å²) in [6, 6.07) is 1.29. The van der Waals surface area contributed by atoms with Gasteiger partial charge in [-0.2, -0.15) is 4.31 Å². The molecule has 2 atom stereocenters. The van der Waals surface area contributed by atoms with E-state index >= 15 is 0 Å². The van der Waals surface area contributed by atoms with Gasteiger partial charge >= 0.3 is 5.97 Å². The van der Waals surface area contributed by atoms with E-state index in [4.69, 9.17) is 28.3 Å². The van der Waals surface area contributed by atoms with Gasteiger partial charge in [0.15, 0.2) is 0 Å². The highest BCUT2D eigenvalue weighted by molar-refractivity contribution is 7.89. The van der Waals surface area contributed by atoms with E-state index in [1.807, 2.05) is 0 Å². The lowest BCUT2D eigenvalue weighted by atomic mass is 9.99. The van der Waals surface area contributed by atoms with Crippen molar-refractivity contribution in [2.75, 3.05) is 13.1 Å². The Kier molecular flexibility index (Phi) is 4.13. The molecule has 0 unspecified atom stereocenters. The average molecular weight is 344 g/mol. The molecule has 0 spiro atoms. The molecule has 0 aromatic carbocycles. The Labute approximate surface area is 124 Å². The maximum Gasteiger partial charge on any atom is 0.308 e. The second kappa shape index (κ2) is 5.21. The van der Waals surface area contributed by atoms with Crippen molar-refractivity contribution in [3.8, 4) is 0 Å². The summed E-state index contributed by atoms with van der Waals surface area (Å²) in [5.41, 5.74) is 0. The summed E-state index contributed by atoms with van der Waals surface area (Å²) in [4.78, 5) is 11.0. The number of aliphatic carboxylic acids is 1. The van der Waals surface area contributed by atoms with Crippen LogP contribution in [-0.4, -0.2) is 36.9 Å². The molecule has 106 valence electrons. The predicted octanol–water partition coefficient (Wildman–Crippen LogP) is 2.40. The summed E-state index contributed by atoms with van der Waals surface area (Å²) in [5, 5.41) is 9.03. The van der Waals surface area contributed by atoms with Crippen molar-refractivity contribution in [1.82, 2.24) is 4.31 Å². The second-order valence-electron chi connectivity index (χ2n) is 4.43. The van der Waals surface area contributed by atoms with Crippen LogP contribution in [0, 0.1) is 11.8 Å². The molecule has 0 aliphatic carbocycles. The summed E-state index contributed by atoms with van der Waals surface area (Å²) < 4.78 is 26.3. The van der Waals surface area contributed by atoms with Crippen molar-refractivity contribution < 1.29 is 18.3 Å². The van der Waals surface area contributed by atoms with Gasteiger partial charge in [0.05, 0.1) is 10.3 Å². The van der Waals surface area contributed by atoms with E-state index in [1.54, 1.807) is 6.92 Å². The monoisotopic (exact) mass is 343 g/mol. The number of rotatable bonds is 3. The van der Waals surface area contributed by atoms with Crippen LogP contribution in [0.4, 0.5) is 0 Å². The molecular formula is C10H11Cl2NO4S2.